The predicted molar refractivity (Wildman–Crippen MR) is 41.3 cm³/mol. The number of ketones is 1. The molecule has 0 radical (unpaired) electrons. The molecule has 0 aromatic carbocycles. The van der Waals surface area contributed by atoms with Crippen LogP contribution in [0.4, 0.5) is 0 Å². The molecule has 4 heteroatoms. The highest BCUT2D eigenvalue weighted by Gasteiger charge is 2.32. The lowest BCUT2D eigenvalue weighted by molar-refractivity contribution is -0.126. The fourth-order valence-corrected chi connectivity index (χ4v) is 1.34. The fourth-order valence-electron chi connectivity index (χ4n) is 1.34. The van der Waals surface area contributed by atoms with E-state index < -0.39 is 12.2 Å². The number of hydrogen-bond donors (Lipinski definition) is 2. The van der Waals surface area contributed by atoms with Crippen LogP contribution in [0.5, 0.6) is 0 Å². The van der Waals surface area contributed by atoms with Crippen LogP contribution < -0.4 is 0 Å². The molecule has 0 heterocycles. The monoisotopic (exact) mass is 172 g/mol. The van der Waals surface area contributed by atoms with Crippen LogP contribution in [0.15, 0.2) is 11.3 Å². The van der Waals surface area contributed by atoms with Crippen LogP contribution in [0.1, 0.15) is 13.3 Å². The fraction of sp³-hybridized carbons (Fsp3) is 0.625. The van der Waals surface area contributed by atoms with Crippen LogP contribution in [-0.2, 0) is 9.53 Å². The molecule has 68 valence electrons. The van der Waals surface area contributed by atoms with Gasteiger partial charge in [-0.1, -0.05) is 0 Å². The molecule has 1 aliphatic carbocycles. The molecule has 0 bridgehead atoms. The Bertz CT molecular complexity index is 231. The average Bonchev–Trinajstić information content (AvgIpc) is 2.01. The summed E-state index contributed by atoms with van der Waals surface area (Å²) in [7, 11) is 1.40. The molecule has 2 N–H and O–H groups in total. The summed E-state index contributed by atoms with van der Waals surface area (Å²) in [5.74, 6) is -0.0950. The van der Waals surface area contributed by atoms with Crippen molar-refractivity contribution in [3.63, 3.8) is 0 Å². The Labute approximate surface area is 70.5 Å². The highest BCUT2D eigenvalue weighted by Crippen LogP contribution is 2.22. The summed E-state index contributed by atoms with van der Waals surface area (Å²) >= 11 is 0. The van der Waals surface area contributed by atoms with Crippen molar-refractivity contribution in [3.8, 4) is 0 Å². The van der Waals surface area contributed by atoms with Gasteiger partial charge in [0.05, 0.1) is 7.11 Å². The minimum atomic E-state index is -1.08. The molecule has 0 amide bonds. The van der Waals surface area contributed by atoms with E-state index in [-0.39, 0.29) is 18.0 Å². The summed E-state index contributed by atoms with van der Waals surface area (Å²) in [6.45, 7) is 1.53. The molecule has 12 heavy (non-hydrogen) atoms. The van der Waals surface area contributed by atoms with Crippen molar-refractivity contribution in [1.82, 2.24) is 0 Å². The van der Waals surface area contributed by atoms with Crippen LogP contribution in [0, 0.1) is 0 Å². The topological polar surface area (TPSA) is 66.8 Å². The Morgan fingerprint density at radius 3 is 2.50 bits per heavy atom. The maximum atomic E-state index is 11.1. The first-order valence-electron chi connectivity index (χ1n) is 3.73. The maximum Gasteiger partial charge on any atom is 0.190 e. The highest BCUT2D eigenvalue weighted by atomic mass is 16.5. The quantitative estimate of drug-likeness (QED) is 0.565. The Morgan fingerprint density at radius 2 is 2.00 bits per heavy atom. The third-order valence-electron chi connectivity index (χ3n) is 2.01. The molecule has 2 unspecified atom stereocenters. The minimum Gasteiger partial charge on any atom is -0.498 e. The van der Waals surface area contributed by atoms with Crippen LogP contribution >= 0.6 is 0 Å². The maximum absolute atomic E-state index is 11.1. The van der Waals surface area contributed by atoms with Crippen molar-refractivity contribution < 1.29 is 19.7 Å². The number of ether oxygens (including phenoxy) is 1. The summed E-state index contributed by atoms with van der Waals surface area (Å²) in [6.07, 6.45) is -1.92. The van der Waals surface area contributed by atoms with Crippen molar-refractivity contribution in [2.75, 3.05) is 7.11 Å². The van der Waals surface area contributed by atoms with E-state index in [2.05, 4.69) is 0 Å². The van der Waals surface area contributed by atoms with Crippen LogP contribution in [0.3, 0.4) is 0 Å². The summed E-state index contributed by atoms with van der Waals surface area (Å²) in [6, 6.07) is 0. The SMILES string of the molecule is COC1=C(C)C(=O)C(O)CC1O. The molecule has 0 spiro atoms. The summed E-state index contributed by atoms with van der Waals surface area (Å²) in [5, 5.41) is 18.5. The molecule has 0 aliphatic heterocycles. The van der Waals surface area contributed by atoms with Gasteiger partial charge in [-0.05, 0) is 6.92 Å². The number of carbonyl (C=O) groups excluding carboxylic acids is 1. The lowest BCUT2D eigenvalue weighted by Crippen LogP contribution is -2.34. The first kappa shape index (κ1) is 9.22. The highest BCUT2D eigenvalue weighted by molar-refractivity contribution is 5.99. The van der Waals surface area contributed by atoms with E-state index in [0.29, 0.717) is 5.57 Å². The lowest BCUT2D eigenvalue weighted by Gasteiger charge is -2.24. The van der Waals surface area contributed by atoms with Crippen LogP contribution in [0.2, 0.25) is 0 Å². The van der Waals surface area contributed by atoms with Gasteiger partial charge in [0, 0.05) is 12.0 Å². The summed E-state index contributed by atoms with van der Waals surface area (Å²) in [5.41, 5.74) is 0.309. The first-order valence-corrected chi connectivity index (χ1v) is 3.73. The largest absolute Gasteiger partial charge is 0.498 e. The van der Waals surface area contributed by atoms with Gasteiger partial charge in [0.25, 0.3) is 0 Å². The summed E-state index contributed by atoms with van der Waals surface area (Å²) in [4.78, 5) is 11.1. The number of aliphatic hydroxyl groups excluding tert-OH is 2. The zero-order chi connectivity index (χ0) is 9.30. The number of Topliss-reactive ketones (excluding diaryl/α,β-unsaturated/α-hetero) is 1. The predicted octanol–water partition coefficient (Wildman–Crippen LogP) is -0.399. The van der Waals surface area contributed by atoms with E-state index >= 15 is 0 Å². The second kappa shape index (κ2) is 3.25. The molecular weight excluding hydrogens is 160 g/mol. The molecule has 0 aromatic heterocycles. The molecule has 4 nitrogen and oxygen atoms in total. The van der Waals surface area contributed by atoms with E-state index in [1.165, 1.54) is 14.0 Å². The van der Waals surface area contributed by atoms with Crippen LogP contribution in [-0.4, -0.2) is 35.3 Å². The smallest absolute Gasteiger partial charge is 0.190 e. The molecule has 0 saturated heterocycles. The van der Waals surface area contributed by atoms with Crippen molar-refractivity contribution in [3.05, 3.63) is 11.3 Å². The first-order chi connectivity index (χ1) is 5.57. The van der Waals surface area contributed by atoms with E-state index in [0.717, 1.165) is 0 Å². The van der Waals surface area contributed by atoms with Gasteiger partial charge >= 0.3 is 0 Å². The third kappa shape index (κ3) is 1.35. The third-order valence-corrected chi connectivity index (χ3v) is 2.01. The van der Waals surface area contributed by atoms with Gasteiger partial charge in [0.15, 0.2) is 5.78 Å². The zero-order valence-corrected chi connectivity index (χ0v) is 7.07. The molecule has 0 aromatic rings. The number of rotatable bonds is 1. The van der Waals surface area contributed by atoms with E-state index in [1.54, 1.807) is 0 Å². The standard InChI is InChI=1S/C8H12O4/c1-4-7(11)5(9)3-6(10)8(4)12-2/h5-6,9-10H,3H2,1-2H3. The van der Waals surface area contributed by atoms with E-state index in [1.807, 2.05) is 0 Å². The molecule has 1 aliphatic rings. The average molecular weight is 172 g/mol. The molecule has 1 rings (SSSR count). The zero-order valence-electron chi connectivity index (χ0n) is 7.07. The van der Waals surface area contributed by atoms with Crippen molar-refractivity contribution >= 4 is 5.78 Å². The number of carbonyl (C=O) groups is 1. The Hall–Kier alpha value is -0.870. The van der Waals surface area contributed by atoms with Gasteiger partial charge in [0.1, 0.15) is 18.0 Å². The van der Waals surface area contributed by atoms with Gasteiger partial charge < -0.3 is 14.9 Å². The molecular formula is C8H12O4. The normalized spacial score (nSPS) is 30.8. The van der Waals surface area contributed by atoms with Gasteiger partial charge in [-0.2, -0.15) is 0 Å². The van der Waals surface area contributed by atoms with E-state index in [4.69, 9.17) is 9.84 Å². The van der Waals surface area contributed by atoms with Crippen molar-refractivity contribution in [1.29, 1.82) is 0 Å². The Morgan fingerprint density at radius 1 is 1.42 bits per heavy atom. The number of methoxy groups -OCH3 is 1. The summed E-state index contributed by atoms with van der Waals surface area (Å²) < 4.78 is 4.83. The van der Waals surface area contributed by atoms with E-state index in [9.17, 15) is 9.90 Å². The van der Waals surface area contributed by atoms with Crippen LogP contribution in [0.25, 0.3) is 0 Å². The van der Waals surface area contributed by atoms with Gasteiger partial charge in [-0.15, -0.1) is 0 Å². The number of aliphatic hydroxyl groups is 2. The number of hydrogen-bond acceptors (Lipinski definition) is 4. The molecule has 0 fully saturated rings. The molecule has 2 atom stereocenters. The van der Waals surface area contributed by atoms with Gasteiger partial charge in [-0.25, -0.2) is 0 Å². The van der Waals surface area contributed by atoms with Gasteiger partial charge in [0.2, 0.25) is 0 Å². The van der Waals surface area contributed by atoms with Crippen molar-refractivity contribution in [2.24, 2.45) is 0 Å². The molecule has 0 saturated carbocycles. The Kier molecular flexibility index (Phi) is 2.49. The second-order valence-corrected chi connectivity index (χ2v) is 2.82. The minimum absolute atomic E-state index is 0.0271. The lowest BCUT2D eigenvalue weighted by atomic mass is 9.93. The Balaban J connectivity index is 2.99. The van der Waals surface area contributed by atoms with Gasteiger partial charge in [-0.3, -0.25) is 4.79 Å². The second-order valence-electron chi connectivity index (χ2n) is 2.82. The van der Waals surface area contributed by atoms with Crippen molar-refractivity contribution in [2.45, 2.75) is 25.6 Å².